The van der Waals surface area contributed by atoms with Gasteiger partial charge in [0.1, 0.15) is 5.82 Å². The summed E-state index contributed by atoms with van der Waals surface area (Å²) in [5, 5.41) is 0. The van der Waals surface area contributed by atoms with Crippen molar-refractivity contribution in [3.63, 3.8) is 0 Å². The molecule has 2 saturated heterocycles. The number of carbonyl (C=O) groups excluding carboxylic acids is 1. The van der Waals surface area contributed by atoms with Gasteiger partial charge >= 0.3 is 0 Å². The highest BCUT2D eigenvalue weighted by Gasteiger charge is 2.48. The van der Waals surface area contributed by atoms with Crippen molar-refractivity contribution in [3.05, 3.63) is 65.2 Å². The van der Waals surface area contributed by atoms with E-state index in [-0.39, 0.29) is 17.1 Å². The van der Waals surface area contributed by atoms with Crippen LogP contribution in [0.3, 0.4) is 0 Å². The Balaban J connectivity index is 1.43. The van der Waals surface area contributed by atoms with Crippen molar-refractivity contribution in [1.82, 2.24) is 14.8 Å². The molecule has 4 rings (SSSR count). The number of amides is 1. The van der Waals surface area contributed by atoms with Crippen LogP contribution in [0.15, 0.2) is 42.5 Å². The number of nitrogens with zero attached hydrogens (tertiary/aromatic N) is 3. The molecule has 0 unspecified atom stereocenters. The first-order valence-electron chi connectivity index (χ1n) is 9.73. The maximum atomic E-state index is 13.2. The number of likely N-dealkylation sites (tertiary alicyclic amines) is 2. The van der Waals surface area contributed by atoms with Crippen molar-refractivity contribution >= 4 is 5.91 Å². The summed E-state index contributed by atoms with van der Waals surface area (Å²) in [6.45, 7) is 5.94. The lowest BCUT2D eigenvalue weighted by molar-refractivity contribution is -0.139. The summed E-state index contributed by atoms with van der Waals surface area (Å²) < 4.78 is 13.1. The normalized spacial score (nSPS) is 23.3. The quantitative estimate of drug-likeness (QED) is 0.829. The molecule has 0 radical (unpaired) electrons. The molecule has 3 heterocycles. The van der Waals surface area contributed by atoms with E-state index in [2.05, 4.69) is 9.88 Å². The first-order chi connectivity index (χ1) is 13.0. The SMILES string of the molecule is Cc1cccc(CN2CC[C@@]3(CCCN(Cc4ccc(F)cc4)C3)C2=O)n1. The Morgan fingerprint density at radius 2 is 1.89 bits per heavy atom. The lowest BCUT2D eigenvalue weighted by atomic mass is 9.78. The fourth-order valence-corrected chi connectivity index (χ4v) is 4.52. The first kappa shape index (κ1) is 18.1. The average Bonchev–Trinajstić information content (AvgIpc) is 2.93. The number of hydrogen-bond acceptors (Lipinski definition) is 3. The number of benzene rings is 1. The van der Waals surface area contributed by atoms with Crippen molar-refractivity contribution in [2.24, 2.45) is 5.41 Å². The predicted octanol–water partition coefficient (Wildman–Crippen LogP) is 3.54. The molecule has 2 aliphatic heterocycles. The van der Waals surface area contributed by atoms with Crippen LogP contribution in [0.2, 0.25) is 0 Å². The average molecular weight is 367 g/mol. The summed E-state index contributed by atoms with van der Waals surface area (Å²) in [4.78, 5) is 22.1. The summed E-state index contributed by atoms with van der Waals surface area (Å²) in [7, 11) is 0. The first-order valence-corrected chi connectivity index (χ1v) is 9.73. The minimum atomic E-state index is -0.262. The van der Waals surface area contributed by atoms with Crippen LogP contribution in [-0.4, -0.2) is 40.3 Å². The van der Waals surface area contributed by atoms with Gasteiger partial charge in [-0.2, -0.15) is 0 Å². The second kappa shape index (κ2) is 7.39. The highest BCUT2D eigenvalue weighted by Crippen LogP contribution is 2.41. The van der Waals surface area contributed by atoms with Gasteiger partial charge in [-0.3, -0.25) is 14.7 Å². The van der Waals surface area contributed by atoms with Gasteiger partial charge in [0.15, 0.2) is 0 Å². The molecule has 0 saturated carbocycles. The van der Waals surface area contributed by atoms with E-state index in [1.54, 1.807) is 0 Å². The minimum absolute atomic E-state index is 0.208. The molecule has 1 spiro atoms. The van der Waals surface area contributed by atoms with E-state index in [4.69, 9.17) is 0 Å². The third-order valence-electron chi connectivity index (χ3n) is 5.88. The Morgan fingerprint density at radius 1 is 1.07 bits per heavy atom. The highest BCUT2D eigenvalue weighted by molar-refractivity contribution is 5.85. The number of piperidine rings is 1. The van der Waals surface area contributed by atoms with Gasteiger partial charge in [0.2, 0.25) is 5.91 Å². The molecule has 4 nitrogen and oxygen atoms in total. The van der Waals surface area contributed by atoms with Gasteiger partial charge in [0, 0.05) is 25.3 Å². The fraction of sp³-hybridized carbons (Fsp3) is 0.455. The van der Waals surface area contributed by atoms with Gasteiger partial charge in [0.25, 0.3) is 0 Å². The maximum Gasteiger partial charge on any atom is 0.230 e. The van der Waals surface area contributed by atoms with Gasteiger partial charge in [-0.1, -0.05) is 18.2 Å². The topological polar surface area (TPSA) is 36.4 Å². The lowest BCUT2D eigenvalue weighted by Gasteiger charge is -2.39. The maximum absolute atomic E-state index is 13.2. The van der Waals surface area contributed by atoms with Gasteiger partial charge in [-0.05, 0) is 62.6 Å². The number of hydrogen-bond donors (Lipinski definition) is 0. The summed E-state index contributed by atoms with van der Waals surface area (Å²) in [6.07, 6.45) is 2.91. The summed E-state index contributed by atoms with van der Waals surface area (Å²) in [5.41, 5.74) is 2.78. The van der Waals surface area contributed by atoms with E-state index in [1.807, 2.05) is 42.2 Å². The summed E-state index contributed by atoms with van der Waals surface area (Å²) in [6, 6.07) is 12.7. The van der Waals surface area contributed by atoms with Gasteiger partial charge in [-0.15, -0.1) is 0 Å². The Kier molecular flexibility index (Phi) is 4.96. The molecule has 1 aromatic heterocycles. The van der Waals surface area contributed by atoms with Gasteiger partial charge < -0.3 is 4.90 Å². The molecule has 5 heteroatoms. The number of aryl methyl sites for hydroxylation is 1. The van der Waals surface area contributed by atoms with E-state index in [9.17, 15) is 9.18 Å². The minimum Gasteiger partial charge on any atom is -0.336 e. The van der Waals surface area contributed by atoms with Crippen molar-refractivity contribution in [2.45, 2.75) is 39.3 Å². The van der Waals surface area contributed by atoms with Crippen LogP contribution in [0.4, 0.5) is 4.39 Å². The molecule has 2 aromatic rings. The Morgan fingerprint density at radius 3 is 2.67 bits per heavy atom. The molecule has 0 bridgehead atoms. The number of halogens is 1. The van der Waals surface area contributed by atoms with Gasteiger partial charge in [0.05, 0.1) is 17.7 Å². The second-order valence-corrected chi connectivity index (χ2v) is 7.97. The third kappa shape index (κ3) is 3.88. The number of carbonyl (C=O) groups is 1. The van der Waals surface area contributed by atoms with E-state index in [0.29, 0.717) is 6.54 Å². The number of pyridine rings is 1. The number of rotatable bonds is 4. The zero-order valence-electron chi connectivity index (χ0n) is 15.8. The molecule has 1 atom stereocenters. The molecule has 142 valence electrons. The Bertz CT molecular complexity index is 823. The van der Waals surface area contributed by atoms with Crippen molar-refractivity contribution < 1.29 is 9.18 Å². The van der Waals surface area contributed by atoms with Crippen LogP contribution in [0.25, 0.3) is 0 Å². The molecule has 2 aliphatic rings. The third-order valence-corrected chi connectivity index (χ3v) is 5.88. The molecule has 1 aromatic carbocycles. The van der Waals surface area contributed by atoms with Crippen LogP contribution in [-0.2, 0) is 17.9 Å². The van der Waals surface area contributed by atoms with E-state index < -0.39 is 0 Å². The fourth-order valence-electron chi connectivity index (χ4n) is 4.52. The Hall–Kier alpha value is -2.27. The number of aromatic nitrogens is 1. The lowest BCUT2D eigenvalue weighted by Crippen LogP contribution is -2.47. The zero-order chi connectivity index (χ0) is 18.9. The smallest absolute Gasteiger partial charge is 0.230 e. The van der Waals surface area contributed by atoms with E-state index in [1.165, 1.54) is 12.1 Å². The van der Waals surface area contributed by atoms with Crippen LogP contribution in [0, 0.1) is 18.2 Å². The second-order valence-electron chi connectivity index (χ2n) is 7.97. The van der Waals surface area contributed by atoms with Crippen LogP contribution >= 0.6 is 0 Å². The monoisotopic (exact) mass is 367 g/mol. The van der Waals surface area contributed by atoms with Crippen LogP contribution in [0.5, 0.6) is 0 Å². The molecule has 0 N–H and O–H groups in total. The summed E-state index contributed by atoms with van der Waals surface area (Å²) in [5.74, 6) is 0.0647. The molecule has 2 fully saturated rings. The largest absolute Gasteiger partial charge is 0.336 e. The van der Waals surface area contributed by atoms with Crippen molar-refractivity contribution in [1.29, 1.82) is 0 Å². The molecule has 27 heavy (non-hydrogen) atoms. The van der Waals surface area contributed by atoms with E-state index >= 15 is 0 Å². The van der Waals surface area contributed by atoms with Gasteiger partial charge in [-0.25, -0.2) is 4.39 Å². The molecule has 1 amide bonds. The summed E-state index contributed by atoms with van der Waals surface area (Å²) >= 11 is 0. The predicted molar refractivity (Wildman–Crippen MR) is 102 cm³/mol. The zero-order valence-corrected chi connectivity index (χ0v) is 15.8. The Labute approximate surface area is 160 Å². The standard InChI is InChI=1S/C22H26FN3O/c1-17-4-2-5-20(24-17)15-26-13-11-22(21(26)27)10-3-12-25(16-22)14-18-6-8-19(23)9-7-18/h2,4-9H,3,10-16H2,1H3/t22-/m1/s1. The van der Waals surface area contributed by atoms with Crippen molar-refractivity contribution in [3.8, 4) is 0 Å². The highest BCUT2D eigenvalue weighted by atomic mass is 19.1. The van der Waals surface area contributed by atoms with Crippen LogP contribution in [0.1, 0.15) is 36.2 Å². The molecule has 0 aliphatic carbocycles. The molecular formula is C22H26FN3O. The van der Waals surface area contributed by atoms with E-state index in [0.717, 1.165) is 62.4 Å². The molecular weight excluding hydrogens is 341 g/mol. The van der Waals surface area contributed by atoms with Crippen LogP contribution < -0.4 is 0 Å². The van der Waals surface area contributed by atoms with Crippen molar-refractivity contribution in [2.75, 3.05) is 19.6 Å².